The first-order valence-electron chi connectivity index (χ1n) is 8.86. The fourth-order valence-corrected chi connectivity index (χ4v) is 3.26. The van der Waals surface area contributed by atoms with Gasteiger partial charge in [0.25, 0.3) is 5.91 Å². The molecule has 4 rings (SSSR count). The van der Waals surface area contributed by atoms with Gasteiger partial charge in [0.1, 0.15) is 23.0 Å². The third-order valence-electron chi connectivity index (χ3n) is 4.63. The minimum absolute atomic E-state index is 0.0649. The average molecular weight is 411 g/mol. The highest BCUT2D eigenvalue weighted by Crippen LogP contribution is 2.29. The van der Waals surface area contributed by atoms with Crippen LogP contribution in [0, 0.1) is 12.7 Å². The summed E-state index contributed by atoms with van der Waals surface area (Å²) in [6.07, 6.45) is 1.45. The number of nitrogens with one attached hydrogen (secondary N) is 1. The molecule has 2 heterocycles. The van der Waals surface area contributed by atoms with Crippen LogP contribution < -0.4 is 5.32 Å². The van der Waals surface area contributed by atoms with Crippen molar-refractivity contribution in [1.29, 1.82) is 0 Å². The summed E-state index contributed by atoms with van der Waals surface area (Å²) >= 11 is 6.06. The minimum atomic E-state index is -0.609. The number of benzene rings is 2. The molecule has 0 spiro atoms. The van der Waals surface area contributed by atoms with E-state index in [1.165, 1.54) is 18.2 Å². The molecule has 3 amide bonds. The molecule has 1 aliphatic rings. The molecule has 2 aromatic carbocycles. The summed E-state index contributed by atoms with van der Waals surface area (Å²) in [7, 11) is 0. The average Bonchev–Trinajstić information content (AvgIpc) is 3.25. The van der Waals surface area contributed by atoms with Crippen LogP contribution in [0.5, 0.6) is 0 Å². The summed E-state index contributed by atoms with van der Waals surface area (Å²) in [5, 5.41) is 3.09. The summed E-state index contributed by atoms with van der Waals surface area (Å²) in [6.45, 7) is 1.79. The van der Waals surface area contributed by atoms with Crippen molar-refractivity contribution in [2.45, 2.75) is 13.5 Å². The first-order chi connectivity index (χ1) is 13.9. The Kier molecular flexibility index (Phi) is 4.94. The Labute approximate surface area is 171 Å². The maximum absolute atomic E-state index is 13.9. The largest absolute Gasteiger partial charge is 0.457 e. The highest BCUT2D eigenvalue weighted by atomic mass is 35.5. The van der Waals surface area contributed by atoms with Gasteiger partial charge in [-0.3, -0.25) is 9.69 Å². The predicted molar refractivity (Wildman–Crippen MR) is 107 cm³/mol. The lowest BCUT2D eigenvalue weighted by Gasteiger charge is -2.12. The van der Waals surface area contributed by atoms with Crippen LogP contribution in [0.3, 0.4) is 0 Å². The molecule has 1 aliphatic heterocycles. The Morgan fingerprint density at radius 2 is 1.93 bits per heavy atom. The number of aryl methyl sites for hydroxylation is 1. The van der Waals surface area contributed by atoms with Crippen molar-refractivity contribution in [2.24, 2.45) is 0 Å². The molecule has 1 N–H and O–H groups in total. The molecule has 0 unspecified atom stereocenters. The number of hydrogen-bond acceptors (Lipinski definition) is 3. The Hall–Kier alpha value is -3.38. The maximum atomic E-state index is 13.9. The van der Waals surface area contributed by atoms with Crippen LogP contribution in [-0.4, -0.2) is 16.8 Å². The van der Waals surface area contributed by atoms with Crippen LogP contribution in [-0.2, 0) is 11.3 Å². The Balaban J connectivity index is 1.57. The quantitative estimate of drug-likeness (QED) is 0.478. The zero-order valence-corrected chi connectivity index (χ0v) is 16.2. The lowest BCUT2D eigenvalue weighted by molar-refractivity contribution is -0.123. The molecular formula is C22H16ClFN2O3. The van der Waals surface area contributed by atoms with Gasteiger partial charge >= 0.3 is 6.03 Å². The number of carbonyl (C=O) groups is 2. The summed E-state index contributed by atoms with van der Waals surface area (Å²) in [5.74, 6) is -0.0270. The number of amides is 3. The third kappa shape index (κ3) is 3.79. The number of furan rings is 1. The third-order valence-corrected chi connectivity index (χ3v) is 4.86. The summed E-state index contributed by atoms with van der Waals surface area (Å²) < 4.78 is 19.7. The summed E-state index contributed by atoms with van der Waals surface area (Å²) in [5.41, 5.74) is 2.15. The van der Waals surface area contributed by atoms with Crippen molar-refractivity contribution in [2.75, 3.05) is 0 Å². The van der Waals surface area contributed by atoms with Gasteiger partial charge in [0, 0.05) is 22.2 Å². The number of halogens is 2. The molecule has 1 aromatic heterocycles. The van der Waals surface area contributed by atoms with Gasteiger partial charge in [-0.05, 0) is 42.8 Å². The van der Waals surface area contributed by atoms with Gasteiger partial charge in [0.05, 0.1) is 6.54 Å². The summed E-state index contributed by atoms with van der Waals surface area (Å²) in [4.78, 5) is 25.8. The Morgan fingerprint density at radius 1 is 1.14 bits per heavy atom. The number of nitrogens with zero attached hydrogens (tertiary/aromatic N) is 1. The molecule has 0 saturated carbocycles. The molecule has 1 saturated heterocycles. The lowest BCUT2D eigenvalue weighted by atomic mass is 10.1. The van der Waals surface area contributed by atoms with Crippen LogP contribution >= 0.6 is 11.6 Å². The first-order valence-corrected chi connectivity index (χ1v) is 9.24. The standard InChI is InChI=1S/C22H16ClFN2O3/c1-13-6-7-15(23)10-17(13)20-9-8-16(29-20)11-19-21(27)26(22(28)25-19)12-14-4-2-3-5-18(14)24/h2-11H,12H2,1H3,(H,25,28). The van der Waals surface area contributed by atoms with Crippen LogP contribution in [0.2, 0.25) is 5.02 Å². The number of carbonyl (C=O) groups excluding carboxylic acids is 2. The van der Waals surface area contributed by atoms with Crippen LogP contribution in [0.25, 0.3) is 17.4 Å². The number of rotatable bonds is 4. The van der Waals surface area contributed by atoms with E-state index >= 15 is 0 Å². The number of imide groups is 1. The zero-order chi connectivity index (χ0) is 20.5. The van der Waals surface area contributed by atoms with Gasteiger partial charge < -0.3 is 9.73 Å². The molecule has 29 heavy (non-hydrogen) atoms. The first kappa shape index (κ1) is 19.0. The van der Waals surface area contributed by atoms with E-state index in [0.717, 1.165) is 16.0 Å². The van der Waals surface area contributed by atoms with Crippen LogP contribution in [0.15, 0.2) is 64.7 Å². The molecule has 3 aromatic rings. The molecular weight excluding hydrogens is 395 g/mol. The molecule has 5 nitrogen and oxygen atoms in total. The summed E-state index contributed by atoms with van der Waals surface area (Å²) in [6, 6.07) is 14.3. The van der Waals surface area contributed by atoms with E-state index in [9.17, 15) is 14.0 Å². The van der Waals surface area contributed by atoms with Crippen molar-refractivity contribution < 1.29 is 18.4 Å². The minimum Gasteiger partial charge on any atom is -0.457 e. The van der Waals surface area contributed by atoms with Crippen LogP contribution in [0.4, 0.5) is 9.18 Å². The Bertz CT molecular complexity index is 1150. The fourth-order valence-electron chi connectivity index (χ4n) is 3.09. The second kappa shape index (κ2) is 7.56. The van der Waals surface area contributed by atoms with E-state index in [1.54, 1.807) is 36.4 Å². The molecule has 7 heteroatoms. The molecule has 0 aliphatic carbocycles. The fraction of sp³-hybridized carbons (Fsp3) is 0.0909. The van der Waals surface area contributed by atoms with Crippen molar-refractivity contribution >= 4 is 29.6 Å². The topological polar surface area (TPSA) is 62.6 Å². The monoisotopic (exact) mass is 410 g/mol. The maximum Gasteiger partial charge on any atom is 0.329 e. The van der Waals surface area contributed by atoms with E-state index in [0.29, 0.717) is 16.5 Å². The van der Waals surface area contributed by atoms with Crippen LogP contribution in [0.1, 0.15) is 16.9 Å². The molecule has 0 atom stereocenters. The van der Waals surface area contributed by atoms with Gasteiger partial charge in [-0.2, -0.15) is 0 Å². The van der Waals surface area contributed by atoms with E-state index in [-0.39, 0.29) is 17.8 Å². The highest BCUT2D eigenvalue weighted by molar-refractivity contribution is 6.30. The van der Waals surface area contributed by atoms with Gasteiger partial charge in [-0.1, -0.05) is 35.9 Å². The lowest BCUT2D eigenvalue weighted by Crippen LogP contribution is -2.30. The SMILES string of the molecule is Cc1ccc(Cl)cc1-c1ccc(C=C2NC(=O)N(Cc3ccccc3F)C2=O)o1. The second-order valence-corrected chi connectivity index (χ2v) is 7.07. The number of hydrogen-bond donors (Lipinski definition) is 1. The van der Waals surface area contributed by atoms with E-state index in [4.69, 9.17) is 16.0 Å². The van der Waals surface area contributed by atoms with E-state index in [1.807, 2.05) is 13.0 Å². The van der Waals surface area contributed by atoms with Crippen molar-refractivity contribution in [3.05, 3.63) is 88.0 Å². The molecule has 0 radical (unpaired) electrons. The highest BCUT2D eigenvalue weighted by Gasteiger charge is 2.34. The second-order valence-electron chi connectivity index (χ2n) is 6.63. The zero-order valence-electron chi connectivity index (χ0n) is 15.4. The van der Waals surface area contributed by atoms with Gasteiger partial charge in [-0.15, -0.1) is 0 Å². The predicted octanol–water partition coefficient (Wildman–Crippen LogP) is 5.14. The van der Waals surface area contributed by atoms with Crippen molar-refractivity contribution in [3.63, 3.8) is 0 Å². The molecule has 1 fully saturated rings. The normalized spacial score (nSPS) is 15.3. The van der Waals surface area contributed by atoms with Gasteiger partial charge in [0.15, 0.2) is 0 Å². The van der Waals surface area contributed by atoms with E-state index in [2.05, 4.69) is 5.32 Å². The molecule has 146 valence electrons. The van der Waals surface area contributed by atoms with Crippen molar-refractivity contribution in [3.8, 4) is 11.3 Å². The van der Waals surface area contributed by atoms with Gasteiger partial charge in [-0.25, -0.2) is 9.18 Å². The van der Waals surface area contributed by atoms with Crippen molar-refractivity contribution in [1.82, 2.24) is 10.2 Å². The molecule has 0 bridgehead atoms. The smallest absolute Gasteiger partial charge is 0.329 e. The van der Waals surface area contributed by atoms with Gasteiger partial charge in [0.2, 0.25) is 0 Å². The Morgan fingerprint density at radius 3 is 2.72 bits per heavy atom. The number of urea groups is 1. The van der Waals surface area contributed by atoms with E-state index < -0.39 is 17.8 Å².